The standard InChI is InChI=1S/C14H16BrN5O/c1-9-8-10(15)4-5-11(9)21-14-18-12(16)17-13(19-14)20-6-2-3-7-20/h4-5,8H,2-3,6-7H2,1H3,(H2,16,17,18,19). The summed E-state index contributed by atoms with van der Waals surface area (Å²) in [7, 11) is 0. The normalized spacial score (nSPS) is 14.5. The molecule has 2 N–H and O–H groups in total. The summed E-state index contributed by atoms with van der Waals surface area (Å²) in [6.45, 7) is 3.85. The summed E-state index contributed by atoms with van der Waals surface area (Å²) >= 11 is 3.43. The Morgan fingerprint density at radius 1 is 1.19 bits per heavy atom. The second-order valence-electron chi connectivity index (χ2n) is 4.98. The smallest absolute Gasteiger partial charge is 0.328 e. The molecule has 7 heteroatoms. The van der Waals surface area contributed by atoms with Crippen LogP contribution < -0.4 is 15.4 Å². The Balaban J connectivity index is 1.87. The van der Waals surface area contributed by atoms with Gasteiger partial charge in [0.25, 0.3) is 0 Å². The third-order valence-corrected chi connectivity index (χ3v) is 3.84. The summed E-state index contributed by atoms with van der Waals surface area (Å²) < 4.78 is 6.76. The fourth-order valence-corrected chi connectivity index (χ4v) is 2.77. The van der Waals surface area contributed by atoms with E-state index in [9.17, 15) is 0 Å². The van der Waals surface area contributed by atoms with Crippen LogP contribution in [-0.4, -0.2) is 28.0 Å². The van der Waals surface area contributed by atoms with E-state index >= 15 is 0 Å². The maximum Gasteiger partial charge on any atom is 0.328 e. The van der Waals surface area contributed by atoms with E-state index in [-0.39, 0.29) is 12.0 Å². The Morgan fingerprint density at radius 2 is 1.95 bits per heavy atom. The second-order valence-corrected chi connectivity index (χ2v) is 5.90. The van der Waals surface area contributed by atoms with Crippen molar-refractivity contribution >= 4 is 27.8 Å². The topological polar surface area (TPSA) is 77.2 Å². The first kappa shape index (κ1) is 14.1. The lowest BCUT2D eigenvalue weighted by Crippen LogP contribution is -2.21. The first-order chi connectivity index (χ1) is 10.1. The number of ether oxygens (including phenoxy) is 1. The van der Waals surface area contributed by atoms with Crippen molar-refractivity contribution in [3.05, 3.63) is 28.2 Å². The first-order valence-electron chi connectivity index (χ1n) is 6.82. The molecule has 1 aromatic heterocycles. The lowest BCUT2D eigenvalue weighted by Gasteiger charge is -2.16. The zero-order chi connectivity index (χ0) is 14.8. The van der Waals surface area contributed by atoms with Crippen LogP contribution in [0.4, 0.5) is 11.9 Å². The van der Waals surface area contributed by atoms with Gasteiger partial charge in [0.05, 0.1) is 0 Å². The van der Waals surface area contributed by atoms with Gasteiger partial charge < -0.3 is 15.4 Å². The van der Waals surface area contributed by atoms with Gasteiger partial charge in [-0.05, 0) is 43.5 Å². The summed E-state index contributed by atoms with van der Waals surface area (Å²) in [5, 5.41) is 0. The predicted molar refractivity (Wildman–Crippen MR) is 84.6 cm³/mol. The predicted octanol–water partition coefficient (Wildman–Crippen LogP) is 2.92. The zero-order valence-electron chi connectivity index (χ0n) is 11.7. The first-order valence-corrected chi connectivity index (χ1v) is 7.61. The Kier molecular flexibility index (Phi) is 3.92. The van der Waals surface area contributed by atoms with Gasteiger partial charge in [0, 0.05) is 17.6 Å². The molecule has 0 unspecified atom stereocenters. The quantitative estimate of drug-likeness (QED) is 0.917. The van der Waals surface area contributed by atoms with Crippen LogP contribution in [0.2, 0.25) is 0 Å². The largest absolute Gasteiger partial charge is 0.424 e. The lowest BCUT2D eigenvalue weighted by atomic mass is 10.2. The van der Waals surface area contributed by atoms with Gasteiger partial charge in [0.15, 0.2) is 0 Å². The minimum Gasteiger partial charge on any atom is -0.424 e. The van der Waals surface area contributed by atoms with Crippen LogP contribution in [0, 0.1) is 6.92 Å². The fraction of sp³-hybridized carbons (Fsp3) is 0.357. The average molecular weight is 350 g/mol. The second kappa shape index (κ2) is 5.85. The number of anilines is 2. The SMILES string of the molecule is Cc1cc(Br)ccc1Oc1nc(N)nc(N2CCCC2)n1. The van der Waals surface area contributed by atoms with Crippen molar-refractivity contribution in [2.24, 2.45) is 0 Å². The van der Waals surface area contributed by atoms with Crippen LogP contribution in [0.1, 0.15) is 18.4 Å². The molecule has 0 amide bonds. The molecule has 2 heterocycles. The van der Waals surface area contributed by atoms with E-state index in [1.54, 1.807) is 0 Å². The van der Waals surface area contributed by atoms with Crippen molar-refractivity contribution in [3.63, 3.8) is 0 Å². The van der Waals surface area contributed by atoms with Crippen LogP contribution in [0.25, 0.3) is 0 Å². The van der Waals surface area contributed by atoms with Gasteiger partial charge in [0.2, 0.25) is 11.9 Å². The number of rotatable bonds is 3. The van der Waals surface area contributed by atoms with Crippen molar-refractivity contribution in [2.45, 2.75) is 19.8 Å². The van der Waals surface area contributed by atoms with Crippen LogP contribution in [0.5, 0.6) is 11.8 Å². The van der Waals surface area contributed by atoms with Crippen molar-refractivity contribution in [1.29, 1.82) is 0 Å². The van der Waals surface area contributed by atoms with Crippen LogP contribution in [0.3, 0.4) is 0 Å². The number of nitrogens with two attached hydrogens (primary N) is 1. The molecule has 0 aliphatic carbocycles. The highest BCUT2D eigenvalue weighted by molar-refractivity contribution is 9.10. The number of hydrogen-bond donors (Lipinski definition) is 1. The van der Waals surface area contributed by atoms with Gasteiger partial charge in [-0.25, -0.2) is 0 Å². The third kappa shape index (κ3) is 3.24. The van der Waals surface area contributed by atoms with Gasteiger partial charge in [0.1, 0.15) is 5.75 Å². The minimum absolute atomic E-state index is 0.177. The molecule has 0 radical (unpaired) electrons. The maximum atomic E-state index is 5.77. The molecule has 0 spiro atoms. The molecule has 3 rings (SSSR count). The molecule has 1 saturated heterocycles. The summed E-state index contributed by atoms with van der Waals surface area (Å²) in [6, 6.07) is 5.99. The molecule has 0 bridgehead atoms. The number of nitrogens with zero attached hydrogens (tertiary/aromatic N) is 4. The Bertz CT molecular complexity index is 658. The van der Waals surface area contributed by atoms with Crippen LogP contribution >= 0.6 is 15.9 Å². The Labute approximate surface area is 131 Å². The molecule has 110 valence electrons. The molecule has 1 fully saturated rings. The van der Waals surface area contributed by atoms with Crippen molar-refractivity contribution < 1.29 is 4.74 Å². The molecule has 0 saturated carbocycles. The van der Waals surface area contributed by atoms with Gasteiger partial charge in [-0.2, -0.15) is 15.0 Å². The average Bonchev–Trinajstić information content (AvgIpc) is 2.95. The van der Waals surface area contributed by atoms with Gasteiger partial charge in [-0.3, -0.25) is 0 Å². The Hall–Kier alpha value is -1.89. The van der Waals surface area contributed by atoms with Crippen LogP contribution in [0.15, 0.2) is 22.7 Å². The number of nitrogen functional groups attached to an aromatic ring is 1. The van der Waals surface area contributed by atoms with E-state index < -0.39 is 0 Å². The highest BCUT2D eigenvalue weighted by Gasteiger charge is 2.17. The van der Waals surface area contributed by atoms with E-state index in [1.165, 1.54) is 0 Å². The number of benzene rings is 1. The van der Waals surface area contributed by atoms with Crippen molar-refractivity contribution in [3.8, 4) is 11.8 Å². The fourth-order valence-electron chi connectivity index (χ4n) is 2.29. The van der Waals surface area contributed by atoms with E-state index in [2.05, 4.69) is 35.8 Å². The lowest BCUT2D eigenvalue weighted by molar-refractivity contribution is 0.437. The number of hydrogen-bond acceptors (Lipinski definition) is 6. The van der Waals surface area contributed by atoms with Gasteiger partial charge >= 0.3 is 6.01 Å². The summed E-state index contributed by atoms with van der Waals surface area (Å²) in [6.07, 6.45) is 2.29. The van der Waals surface area contributed by atoms with E-state index in [0.717, 1.165) is 36.0 Å². The van der Waals surface area contributed by atoms with Crippen LogP contribution in [-0.2, 0) is 0 Å². The van der Waals surface area contributed by atoms with Gasteiger partial charge in [-0.1, -0.05) is 15.9 Å². The van der Waals surface area contributed by atoms with E-state index in [4.69, 9.17) is 10.5 Å². The molecule has 1 aliphatic rings. The molecule has 1 aliphatic heterocycles. The third-order valence-electron chi connectivity index (χ3n) is 3.35. The minimum atomic E-state index is 0.177. The molecule has 6 nitrogen and oxygen atoms in total. The van der Waals surface area contributed by atoms with E-state index in [1.807, 2.05) is 25.1 Å². The summed E-state index contributed by atoms with van der Waals surface area (Å²) in [5.74, 6) is 1.47. The molecule has 21 heavy (non-hydrogen) atoms. The number of aromatic nitrogens is 3. The number of aryl methyl sites for hydroxylation is 1. The van der Waals surface area contributed by atoms with E-state index in [0.29, 0.717) is 11.7 Å². The summed E-state index contributed by atoms with van der Waals surface area (Å²) in [4.78, 5) is 14.7. The molecular weight excluding hydrogens is 334 g/mol. The monoisotopic (exact) mass is 349 g/mol. The molecular formula is C14H16BrN5O. The zero-order valence-corrected chi connectivity index (χ0v) is 13.3. The Morgan fingerprint density at radius 3 is 2.67 bits per heavy atom. The molecule has 0 atom stereocenters. The molecule has 2 aromatic rings. The van der Waals surface area contributed by atoms with Gasteiger partial charge in [-0.15, -0.1) is 0 Å². The van der Waals surface area contributed by atoms with Crippen molar-refractivity contribution in [2.75, 3.05) is 23.7 Å². The summed E-state index contributed by atoms with van der Waals surface area (Å²) in [5.41, 5.74) is 6.76. The number of halogens is 1. The maximum absolute atomic E-state index is 5.77. The highest BCUT2D eigenvalue weighted by atomic mass is 79.9. The highest BCUT2D eigenvalue weighted by Crippen LogP contribution is 2.27. The molecule has 1 aromatic carbocycles. The van der Waals surface area contributed by atoms with Crippen molar-refractivity contribution in [1.82, 2.24) is 15.0 Å².